The van der Waals surface area contributed by atoms with Crippen molar-refractivity contribution < 1.29 is 19.4 Å². The summed E-state index contributed by atoms with van der Waals surface area (Å²) in [5.74, 6) is 0.296. The van der Waals surface area contributed by atoms with Crippen LogP contribution in [0.15, 0.2) is 24.3 Å². The molecule has 2 amide bonds. The molecule has 3 atom stereocenters. The zero-order valence-corrected chi connectivity index (χ0v) is 17.0. The molecular formula is C22H31N3O4. The quantitative estimate of drug-likeness (QED) is 0.802. The SMILES string of the molecule is C[C@@H]1Oc2ccccc2N(CC(=O)NC2CCN([C@H]3CCCC[C@H]3O)CC2)C1=O. The average Bonchev–Trinajstić information content (AvgIpc) is 2.72. The maximum Gasteiger partial charge on any atom is 0.268 e. The Bertz CT molecular complexity index is 747. The van der Waals surface area contributed by atoms with Crippen LogP contribution in [0.1, 0.15) is 45.4 Å². The highest BCUT2D eigenvalue weighted by Crippen LogP contribution is 2.33. The number of ether oxygens (including phenoxy) is 1. The van der Waals surface area contributed by atoms with E-state index in [0.29, 0.717) is 11.4 Å². The van der Waals surface area contributed by atoms with Gasteiger partial charge in [0.25, 0.3) is 5.91 Å². The number of amides is 2. The van der Waals surface area contributed by atoms with Crippen molar-refractivity contribution >= 4 is 17.5 Å². The van der Waals surface area contributed by atoms with E-state index < -0.39 is 6.10 Å². The first-order chi connectivity index (χ1) is 14.0. The maximum absolute atomic E-state index is 12.7. The Balaban J connectivity index is 1.31. The topological polar surface area (TPSA) is 82.1 Å². The molecule has 3 aliphatic rings. The number of nitrogens with zero attached hydrogens (tertiary/aromatic N) is 2. The van der Waals surface area contributed by atoms with Crippen LogP contribution in [-0.2, 0) is 9.59 Å². The molecule has 1 aliphatic carbocycles. The van der Waals surface area contributed by atoms with Crippen molar-refractivity contribution in [2.45, 2.75) is 69.7 Å². The van der Waals surface area contributed by atoms with Crippen molar-refractivity contribution in [1.29, 1.82) is 0 Å². The lowest BCUT2D eigenvalue weighted by atomic mass is 9.89. The molecule has 158 valence electrons. The second kappa shape index (κ2) is 8.71. The first-order valence-corrected chi connectivity index (χ1v) is 10.8. The van der Waals surface area contributed by atoms with Gasteiger partial charge in [-0.2, -0.15) is 0 Å². The lowest BCUT2D eigenvalue weighted by Crippen LogP contribution is -2.54. The summed E-state index contributed by atoms with van der Waals surface area (Å²) in [6.45, 7) is 3.50. The predicted octanol–water partition coefficient (Wildman–Crippen LogP) is 1.68. The molecule has 0 bridgehead atoms. The number of anilines is 1. The highest BCUT2D eigenvalue weighted by molar-refractivity contribution is 6.03. The number of hydrogen-bond acceptors (Lipinski definition) is 5. The molecule has 1 saturated carbocycles. The summed E-state index contributed by atoms with van der Waals surface area (Å²) >= 11 is 0. The largest absolute Gasteiger partial charge is 0.479 e. The van der Waals surface area contributed by atoms with Gasteiger partial charge < -0.3 is 15.2 Å². The van der Waals surface area contributed by atoms with Crippen molar-refractivity contribution in [1.82, 2.24) is 10.2 Å². The number of benzene rings is 1. The van der Waals surface area contributed by atoms with E-state index >= 15 is 0 Å². The lowest BCUT2D eigenvalue weighted by molar-refractivity contribution is -0.128. The number of likely N-dealkylation sites (tertiary alicyclic amines) is 1. The maximum atomic E-state index is 12.7. The van der Waals surface area contributed by atoms with Gasteiger partial charge in [0.05, 0.1) is 11.8 Å². The molecule has 7 nitrogen and oxygen atoms in total. The van der Waals surface area contributed by atoms with Gasteiger partial charge in [0.15, 0.2) is 6.10 Å². The number of nitrogens with one attached hydrogen (secondary N) is 1. The summed E-state index contributed by atoms with van der Waals surface area (Å²) in [4.78, 5) is 29.1. The van der Waals surface area contributed by atoms with Gasteiger partial charge in [-0.05, 0) is 44.7 Å². The van der Waals surface area contributed by atoms with Gasteiger partial charge in [0.1, 0.15) is 12.3 Å². The highest BCUT2D eigenvalue weighted by atomic mass is 16.5. The Labute approximate surface area is 172 Å². The minimum absolute atomic E-state index is 0.00506. The number of aliphatic hydroxyl groups is 1. The smallest absolute Gasteiger partial charge is 0.268 e. The fourth-order valence-electron chi connectivity index (χ4n) is 4.83. The molecule has 4 rings (SSSR count). The third kappa shape index (κ3) is 4.41. The van der Waals surface area contributed by atoms with Crippen LogP contribution in [0.2, 0.25) is 0 Å². The molecule has 7 heteroatoms. The normalized spacial score (nSPS) is 28.6. The van der Waals surface area contributed by atoms with Crippen molar-refractivity contribution in [3.8, 4) is 5.75 Å². The number of piperidine rings is 1. The van der Waals surface area contributed by atoms with Crippen molar-refractivity contribution in [3.05, 3.63) is 24.3 Å². The molecule has 1 saturated heterocycles. The number of aliphatic hydroxyl groups excluding tert-OH is 1. The van der Waals surface area contributed by atoms with Gasteiger partial charge >= 0.3 is 0 Å². The van der Waals surface area contributed by atoms with Gasteiger partial charge in [-0.1, -0.05) is 25.0 Å². The first kappa shape index (κ1) is 20.2. The molecule has 2 fully saturated rings. The fourth-order valence-corrected chi connectivity index (χ4v) is 4.83. The molecule has 2 heterocycles. The van der Waals surface area contributed by atoms with Crippen LogP contribution in [0, 0.1) is 0 Å². The summed E-state index contributed by atoms with van der Waals surface area (Å²) < 4.78 is 5.64. The monoisotopic (exact) mass is 401 g/mol. The molecule has 0 spiro atoms. The van der Waals surface area contributed by atoms with E-state index in [1.54, 1.807) is 13.0 Å². The number of carbonyl (C=O) groups is 2. The molecule has 29 heavy (non-hydrogen) atoms. The molecule has 0 radical (unpaired) electrons. The Kier molecular flexibility index (Phi) is 6.06. The first-order valence-electron chi connectivity index (χ1n) is 10.8. The lowest BCUT2D eigenvalue weighted by Gasteiger charge is -2.41. The van der Waals surface area contributed by atoms with E-state index in [0.717, 1.165) is 45.2 Å². The van der Waals surface area contributed by atoms with E-state index in [2.05, 4.69) is 10.2 Å². The number of hydrogen-bond donors (Lipinski definition) is 2. The Morgan fingerprint density at radius 3 is 2.66 bits per heavy atom. The van der Waals surface area contributed by atoms with Gasteiger partial charge in [-0.3, -0.25) is 19.4 Å². The summed E-state index contributed by atoms with van der Waals surface area (Å²) in [6, 6.07) is 7.70. The van der Waals surface area contributed by atoms with E-state index in [1.165, 1.54) is 11.3 Å². The highest BCUT2D eigenvalue weighted by Gasteiger charge is 2.34. The van der Waals surface area contributed by atoms with Crippen molar-refractivity contribution in [3.63, 3.8) is 0 Å². The second-order valence-electron chi connectivity index (χ2n) is 8.45. The van der Waals surface area contributed by atoms with E-state index in [4.69, 9.17) is 4.74 Å². The van der Waals surface area contributed by atoms with Crippen molar-refractivity contribution in [2.24, 2.45) is 0 Å². The molecule has 2 N–H and O–H groups in total. The molecule has 0 aromatic heterocycles. The Morgan fingerprint density at radius 1 is 1.17 bits per heavy atom. The van der Waals surface area contributed by atoms with Crippen LogP contribution in [0.5, 0.6) is 5.75 Å². The number of carbonyl (C=O) groups excluding carboxylic acids is 2. The van der Waals surface area contributed by atoms with Gasteiger partial charge in [-0.15, -0.1) is 0 Å². The Morgan fingerprint density at radius 2 is 1.90 bits per heavy atom. The van der Waals surface area contributed by atoms with Crippen LogP contribution >= 0.6 is 0 Å². The zero-order valence-electron chi connectivity index (χ0n) is 17.0. The molecule has 1 aromatic rings. The fraction of sp³-hybridized carbons (Fsp3) is 0.636. The minimum atomic E-state index is -0.595. The molecular weight excluding hydrogens is 370 g/mol. The van der Waals surface area contributed by atoms with Crippen LogP contribution < -0.4 is 15.0 Å². The summed E-state index contributed by atoms with van der Waals surface area (Å²) in [5.41, 5.74) is 0.645. The third-order valence-electron chi connectivity index (χ3n) is 6.43. The van der Waals surface area contributed by atoms with Gasteiger partial charge in [-0.25, -0.2) is 0 Å². The summed E-state index contributed by atoms with van der Waals surface area (Å²) in [6.07, 6.45) is 5.20. The number of para-hydroxylation sites is 2. The van der Waals surface area contributed by atoms with Crippen LogP contribution in [0.4, 0.5) is 5.69 Å². The van der Waals surface area contributed by atoms with E-state index in [-0.39, 0.29) is 36.5 Å². The second-order valence-corrected chi connectivity index (χ2v) is 8.45. The molecule has 0 unspecified atom stereocenters. The minimum Gasteiger partial charge on any atom is -0.479 e. The number of fused-ring (bicyclic) bond motifs is 1. The standard InChI is InChI=1S/C22H31N3O4/c1-15-22(28)25(18-7-3-5-9-20(18)29-15)14-21(27)23-16-10-12-24(13-11-16)17-6-2-4-8-19(17)26/h3,5,7,9,15-17,19,26H,2,4,6,8,10-14H2,1H3,(H,23,27)/t15-,17-,19+/m0/s1. The van der Waals surface area contributed by atoms with E-state index in [9.17, 15) is 14.7 Å². The number of rotatable bonds is 4. The predicted molar refractivity (Wildman–Crippen MR) is 110 cm³/mol. The molecule has 1 aromatic carbocycles. The van der Waals surface area contributed by atoms with Crippen LogP contribution in [0.25, 0.3) is 0 Å². The molecule has 2 aliphatic heterocycles. The summed E-state index contributed by atoms with van der Waals surface area (Å²) in [5, 5.41) is 13.4. The third-order valence-corrected chi connectivity index (χ3v) is 6.43. The Hall–Kier alpha value is -2.12. The van der Waals surface area contributed by atoms with Gasteiger partial charge in [0.2, 0.25) is 5.91 Å². The van der Waals surface area contributed by atoms with Crippen LogP contribution in [-0.4, -0.2) is 65.7 Å². The zero-order chi connectivity index (χ0) is 20.4. The van der Waals surface area contributed by atoms with Crippen molar-refractivity contribution in [2.75, 3.05) is 24.5 Å². The van der Waals surface area contributed by atoms with E-state index in [1.807, 2.05) is 18.2 Å². The summed E-state index contributed by atoms with van der Waals surface area (Å²) in [7, 11) is 0. The average molecular weight is 402 g/mol. The van der Waals surface area contributed by atoms with Gasteiger partial charge in [0, 0.05) is 25.2 Å². The van der Waals surface area contributed by atoms with Crippen LogP contribution in [0.3, 0.4) is 0 Å².